The van der Waals surface area contributed by atoms with Gasteiger partial charge in [0, 0.05) is 23.4 Å². The van der Waals surface area contributed by atoms with E-state index in [-0.39, 0.29) is 5.69 Å². The van der Waals surface area contributed by atoms with Crippen LogP contribution in [-0.2, 0) is 16.0 Å². The number of nitro groups is 1. The summed E-state index contributed by atoms with van der Waals surface area (Å²) in [6, 6.07) is 12.8. The van der Waals surface area contributed by atoms with E-state index in [2.05, 4.69) is 15.8 Å². The highest BCUT2D eigenvalue weighted by molar-refractivity contribution is 6.39. The number of carbonyl (C=O) groups is 2. The van der Waals surface area contributed by atoms with Crippen molar-refractivity contribution in [2.24, 2.45) is 5.10 Å². The van der Waals surface area contributed by atoms with Crippen LogP contribution < -0.4 is 10.7 Å². The van der Waals surface area contributed by atoms with Crippen LogP contribution in [0.15, 0.2) is 53.6 Å². The standard InChI is InChI=1S/C17H16N4O4/c1-2-12-6-8-14(9-7-12)19-16(22)17(23)20-18-11-13-4-3-5-15(10-13)21(24)25/h3-11H,2H2,1H3,(H,19,22)(H,20,23). The SMILES string of the molecule is CCc1ccc(NC(=O)C(=O)NN=Cc2cccc([N+](=O)[O-])c2)cc1. The number of hydrogen-bond donors (Lipinski definition) is 2. The molecule has 0 bridgehead atoms. The Hall–Kier alpha value is -3.55. The minimum absolute atomic E-state index is 0.0939. The molecule has 0 fully saturated rings. The number of amides is 2. The summed E-state index contributed by atoms with van der Waals surface area (Å²) >= 11 is 0. The number of hydrazone groups is 1. The fraction of sp³-hybridized carbons (Fsp3) is 0.118. The van der Waals surface area contributed by atoms with Crippen LogP contribution in [0.4, 0.5) is 11.4 Å². The maximum Gasteiger partial charge on any atom is 0.329 e. The molecule has 2 aromatic carbocycles. The highest BCUT2D eigenvalue weighted by Gasteiger charge is 2.12. The Bertz CT molecular complexity index is 816. The molecule has 0 atom stereocenters. The van der Waals surface area contributed by atoms with Crippen molar-refractivity contribution in [2.45, 2.75) is 13.3 Å². The zero-order valence-electron chi connectivity index (χ0n) is 13.4. The summed E-state index contributed by atoms with van der Waals surface area (Å²) < 4.78 is 0. The minimum atomic E-state index is -0.943. The normalized spacial score (nSPS) is 10.4. The average Bonchev–Trinajstić information content (AvgIpc) is 2.62. The molecule has 8 heteroatoms. The molecule has 0 spiro atoms. The zero-order chi connectivity index (χ0) is 18.2. The number of anilines is 1. The molecule has 0 aliphatic heterocycles. The Labute approximate surface area is 143 Å². The average molecular weight is 340 g/mol. The van der Waals surface area contributed by atoms with Gasteiger partial charge in [0.1, 0.15) is 0 Å². The van der Waals surface area contributed by atoms with E-state index < -0.39 is 16.7 Å². The van der Waals surface area contributed by atoms with Gasteiger partial charge in [0.05, 0.1) is 11.1 Å². The van der Waals surface area contributed by atoms with Crippen molar-refractivity contribution >= 4 is 29.4 Å². The first kappa shape index (κ1) is 17.8. The summed E-state index contributed by atoms with van der Waals surface area (Å²) in [5, 5.41) is 16.8. The zero-order valence-corrected chi connectivity index (χ0v) is 13.4. The smallest absolute Gasteiger partial charge is 0.318 e. The third-order valence-corrected chi connectivity index (χ3v) is 3.29. The molecule has 25 heavy (non-hydrogen) atoms. The summed E-state index contributed by atoms with van der Waals surface area (Å²) in [5.74, 6) is -1.80. The molecule has 2 N–H and O–H groups in total. The van der Waals surface area contributed by atoms with Gasteiger partial charge in [-0.1, -0.05) is 31.2 Å². The van der Waals surface area contributed by atoms with E-state index in [9.17, 15) is 19.7 Å². The fourth-order valence-electron chi connectivity index (χ4n) is 1.95. The Morgan fingerprint density at radius 2 is 1.88 bits per heavy atom. The molecule has 128 valence electrons. The number of aryl methyl sites for hydroxylation is 1. The third kappa shape index (κ3) is 5.24. The lowest BCUT2D eigenvalue weighted by atomic mass is 10.1. The molecule has 0 aliphatic carbocycles. The van der Waals surface area contributed by atoms with E-state index in [0.29, 0.717) is 11.3 Å². The maximum absolute atomic E-state index is 11.8. The second-order valence-corrected chi connectivity index (χ2v) is 5.06. The lowest BCUT2D eigenvalue weighted by molar-refractivity contribution is -0.384. The number of nitro benzene ring substituents is 1. The first-order valence-electron chi connectivity index (χ1n) is 7.47. The molecule has 0 radical (unpaired) electrons. The number of non-ortho nitro benzene ring substituents is 1. The van der Waals surface area contributed by atoms with Crippen molar-refractivity contribution in [1.29, 1.82) is 0 Å². The summed E-state index contributed by atoms with van der Waals surface area (Å²) in [4.78, 5) is 33.6. The van der Waals surface area contributed by atoms with E-state index in [1.165, 1.54) is 24.4 Å². The van der Waals surface area contributed by atoms with Gasteiger partial charge >= 0.3 is 11.8 Å². The van der Waals surface area contributed by atoms with Crippen molar-refractivity contribution in [3.63, 3.8) is 0 Å². The van der Waals surface area contributed by atoms with E-state index in [1.807, 2.05) is 19.1 Å². The molecule has 0 saturated carbocycles. The predicted octanol–water partition coefficient (Wildman–Crippen LogP) is 2.25. The highest BCUT2D eigenvalue weighted by Crippen LogP contribution is 2.11. The van der Waals surface area contributed by atoms with Crippen molar-refractivity contribution in [1.82, 2.24) is 5.43 Å². The molecular formula is C17H16N4O4. The molecule has 0 heterocycles. The Kier molecular flexibility index (Phi) is 5.94. The largest absolute Gasteiger partial charge is 0.329 e. The summed E-state index contributed by atoms with van der Waals surface area (Å²) in [7, 11) is 0. The number of hydrogen-bond acceptors (Lipinski definition) is 5. The van der Waals surface area contributed by atoms with Crippen LogP contribution in [0.3, 0.4) is 0 Å². The van der Waals surface area contributed by atoms with Crippen LogP contribution in [0, 0.1) is 10.1 Å². The Balaban J connectivity index is 1.91. The number of benzene rings is 2. The maximum atomic E-state index is 11.8. The van der Waals surface area contributed by atoms with E-state index in [1.54, 1.807) is 18.2 Å². The molecule has 2 amide bonds. The molecular weight excluding hydrogens is 324 g/mol. The monoisotopic (exact) mass is 340 g/mol. The van der Waals surface area contributed by atoms with Crippen molar-refractivity contribution in [2.75, 3.05) is 5.32 Å². The minimum Gasteiger partial charge on any atom is -0.318 e. The highest BCUT2D eigenvalue weighted by atomic mass is 16.6. The van der Waals surface area contributed by atoms with Crippen molar-refractivity contribution in [3.05, 3.63) is 69.8 Å². The van der Waals surface area contributed by atoms with Gasteiger partial charge in [-0.15, -0.1) is 0 Å². The van der Waals surface area contributed by atoms with Gasteiger partial charge in [-0.3, -0.25) is 19.7 Å². The Morgan fingerprint density at radius 1 is 1.16 bits per heavy atom. The van der Waals surface area contributed by atoms with Crippen LogP contribution in [0.5, 0.6) is 0 Å². The molecule has 0 aromatic heterocycles. The molecule has 0 saturated heterocycles. The topological polar surface area (TPSA) is 114 Å². The molecule has 2 rings (SSSR count). The summed E-state index contributed by atoms with van der Waals surface area (Å²) in [6.07, 6.45) is 2.09. The van der Waals surface area contributed by atoms with Crippen LogP contribution in [-0.4, -0.2) is 23.0 Å². The molecule has 0 unspecified atom stereocenters. The van der Waals surface area contributed by atoms with Crippen molar-refractivity contribution in [3.8, 4) is 0 Å². The van der Waals surface area contributed by atoms with E-state index in [0.717, 1.165) is 12.0 Å². The van der Waals surface area contributed by atoms with E-state index >= 15 is 0 Å². The lowest BCUT2D eigenvalue weighted by Crippen LogP contribution is -2.32. The summed E-state index contributed by atoms with van der Waals surface area (Å²) in [5.41, 5.74) is 4.01. The van der Waals surface area contributed by atoms with Crippen LogP contribution in [0.1, 0.15) is 18.1 Å². The number of rotatable bonds is 5. The second-order valence-electron chi connectivity index (χ2n) is 5.06. The quantitative estimate of drug-likeness (QED) is 0.376. The van der Waals surface area contributed by atoms with Gasteiger partial charge in [0.15, 0.2) is 0 Å². The third-order valence-electron chi connectivity index (χ3n) is 3.29. The number of nitrogens with one attached hydrogen (secondary N) is 2. The van der Waals surface area contributed by atoms with Crippen LogP contribution in [0.25, 0.3) is 0 Å². The first-order chi connectivity index (χ1) is 12.0. The van der Waals surface area contributed by atoms with Gasteiger partial charge in [-0.25, -0.2) is 5.43 Å². The predicted molar refractivity (Wildman–Crippen MR) is 93.3 cm³/mol. The first-order valence-corrected chi connectivity index (χ1v) is 7.47. The van der Waals surface area contributed by atoms with Gasteiger partial charge in [0.2, 0.25) is 0 Å². The summed E-state index contributed by atoms with van der Waals surface area (Å²) in [6.45, 7) is 2.01. The van der Waals surface area contributed by atoms with Crippen LogP contribution in [0.2, 0.25) is 0 Å². The molecule has 0 aliphatic rings. The van der Waals surface area contributed by atoms with Gasteiger partial charge in [-0.2, -0.15) is 5.10 Å². The van der Waals surface area contributed by atoms with Gasteiger partial charge in [0.25, 0.3) is 5.69 Å². The number of carbonyl (C=O) groups excluding carboxylic acids is 2. The second kappa shape index (κ2) is 8.34. The van der Waals surface area contributed by atoms with E-state index in [4.69, 9.17) is 0 Å². The van der Waals surface area contributed by atoms with Crippen LogP contribution >= 0.6 is 0 Å². The fourth-order valence-corrected chi connectivity index (χ4v) is 1.95. The molecule has 8 nitrogen and oxygen atoms in total. The molecule has 2 aromatic rings. The number of nitrogens with zero attached hydrogens (tertiary/aromatic N) is 2. The Morgan fingerprint density at radius 3 is 2.52 bits per heavy atom. The van der Waals surface area contributed by atoms with Gasteiger partial charge < -0.3 is 5.32 Å². The lowest BCUT2D eigenvalue weighted by Gasteiger charge is -2.04. The van der Waals surface area contributed by atoms with Gasteiger partial charge in [-0.05, 0) is 24.1 Å². The van der Waals surface area contributed by atoms with Crippen molar-refractivity contribution < 1.29 is 14.5 Å².